The predicted octanol–water partition coefficient (Wildman–Crippen LogP) is 1.74. The molecule has 22 heavy (non-hydrogen) atoms. The minimum Gasteiger partial charge on any atom is -0.383 e. The Balaban J connectivity index is 1.85. The number of nitrogens with one attached hydrogen (secondary N) is 1. The van der Waals surface area contributed by atoms with Crippen LogP contribution in [0.2, 0.25) is 0 Å². The number of anilines is 1. The molecule has 1 saturated heterocycles. The summed E-state index contributed by atoms with van der Waals surface area (Å²) in [7, 11) is 1.74. The first kappa shape index (κ1) is 16.7. The smallest absolute Gasteiger partial charge is 0.166 e. The lowest BCUT2D eigenvalue weighted by Gasteiger charge is -2.31. The minimum absolute atomic E-state index is 0.616. The Morgan fingerprint density at radius 1 is 1.32 bits per heavy atom. The molecule has 1 N–H and O–H groups in total. The zero-order valence-corrected chi connectivity index (χ0v) is 13.7. The number of nitriles is 1. The summed E-state index contributed by atoms with van der Waals surface area (Å²) in [5, 5.41) is 20.9. The fourth-order valence-corrected chi connectivity index (χ4v) is 2.74. The van der Waals surface area contributed by atoms with Gasteiger partial charge in [0.25, 0.3) is 0 Å². The zero-order valence-electron chi connectivity index (χ0n) is 13.7. The summed E-state index contributed by atoms with van der Waals surface area (Å²) in [5.74, 6) is 1.24. The number of hydrogen-bond donors (Lipinski definition) is 1. The normalized spacial score (nSPS) is 16.5. The molecule has 0 bridgehead atoms. The second-order valence-electron chi connectivity index (χ2n) is 5.90. The maximum Gasteiger partial charge on any atom is 0.166 e. The standard InChI is InChI=1S/C16H25N5O/c1-12-13(2)19-20-16(15(12)10-17)18-11-14-4-6-21(7-5-14)8-9-22-3/h14H,4-9,11H2,1-3H3,(H,18,20). The molecular weight excluding hydrogens is 278 g/mol. The highest BCUT2D eigenvalue weighted by atomic mass is 16.5. The lowest BCUT2D eigenvalue weighted by molar-refractivity contribution is 0.122. The lowest BCUT2D eigenvalue weighted by Crippen LogP contribution is -2.37. The van der Waals surface area contributed by atoms with E-state index in [9.17, 15) is 5.26 Å². The van der Waals surface area contributed by atoms with Crippen LogP contribution in [0, 0.1) is 31.1 Å². The van der Waals surface area contributed by atoms with Crippen molar-refractivity contribution < 1.29 is 4.74 Å². The van der Waals surface area contributed by atoms with Crippen molar-refractivity contribution in [3.05, 3.63) is 16.8 Å². The van der Waals surface area contributed by atoms with Crippen LogP contribution in [0.1, 0.15) is 29.7 Å². The third-order valence-corrected chi connectivity index (χ3v) is 4.44. The number of piperidine rings is 1. The van der Waals surface area contributed by atoms with E-state index in [-0.39, 0.29) is 0 Å². The minimum atomic E-state index is 0.616. The number of likely N-dealkylation sites (tertiary alicyclic amines) is 1. The number of methoxy groups -OCH3 is 1. The molecule has 2 heterocycles. The van der Waals surface area contributed by atoms with E-state index in [1.807, 2.05) is 13.8 Å². The van der Waals surface area contributed by atoms with Crippen LogP contribution in [0.25, 0.3) is 0 Å². The van der Waals surface area contributed by atoms with E-state index in [0.717, 1.165) is 56.9 Å². The first-order valence-corrected chi connectivity index (χ1v) is 7.84. The van der Waals surface area contributed by atoms with Gasteiger partial charge in [-0.25, -0.2) is 0 Å². The fourth-order valence-electron chi connectivity index (χ4n) is 2.74. The number of ether oxygens (including phenoxy) is 1. The summed E-state index contributed by atoms with van der Waals surface area (Å²) in [6, 6.07) is 2.24. The number of hydrogen-bond acceptors (Lipinski definition) is 6. The molecule has 6 heteroatoms. The van der Waals surface area contributed by atoms with E-state index >= 15 is 0 Å². The first-order chi connectivity index (χ1) is 10.7. The van der Waals surface area contributed by atoms with Crippen LogP contribution in [0.5, 0.6) is 0 Å². The maximum atomic E-state index is 9.30. The number of aromatic nitrogens is 2. The molecule has 1 aromatic heterocycles. The van der Waals surface area contributed by atoms with Crippen LogP contribution in [-0.2, 0) is 4.74 Å². The van der Waals surface area contributed by atoms with Gasteiger partial charge in [0.2, 0.25) is 0 Å². The molecule has 2 rings (SSSR count). The summed E-state index contributed by atoms with van der Waals surface area (Å²) < 4.78 is 5.12. The Morgan fingerprint density at radius 2 is 2.05 bits per heavy atom. The summed E-state index contributed by atoms with van der Waals surface area (Å²) in [5.41, 5.74) is 2.34. The van der Waals surface area contributed by atoms with Crippen molar-refractivity contribution in [1.82, 2.24) is 15.1 Å². The van der Waals surface area contributed by atoms with E-state index in [4.69, 9.17) is 4.74 Å². The molecule has 0 radical (unpaired) electrons. The molecule has 0 saturated carbocycles. The molecule has 0 amide bonds. The van der Waals surface area contributed by atoms with Gasteiger partial charge in [-0.15, -0.1) is 5.10 Å². The Bertz CT molecular complexity index is 532. The van der Waals surface area contributed by atoms with Crippen molar-refractivity contribution in [2.75, 3.05) is 45.2 Å². The summed E-state index contributed by atoms with van der Waals surface area (Å²) >= 11 is 0. The van der Waals surface area contributed by atoms with Crippen molar-refractivity contribution in [3.8, 4) is 6.07 Å². The van der Waals surface area contributed by atoms with Crippen LogP contribution < -0.4 is 5.32 Å². The third kappa shape index (κ3) is 4.15. The second kappa shape index (κ2) is 8.06. The van der Waals surface area contributed by atoms with Crippen LogP contribution in [0.3, 0.4) is 0 Å². The van der Waals surface area contributed by atoms with Gasteiger partial charge in [-0.2, -0.15) is 10.4 Å². The van der Waals surface area contributed by atoms with Gasteiger partial charge >= 0.3 is 0 Å². The average molecular weight is 303 g/mol. The molecule has 1 aliphatic rings. The number of nitrogens with zero attached hydrogens (tertiary/aromatic N) is 4. The monoisotopic (exact) mass is 303 g/mol. The van der Waals surface area contributed by atoms with E-state index in [1.165, 1.54) is 0 Å². The largest absolute Gasteiger partial charge is 0.383 e. The molecule has 1 aliphatic heterocycles. The molecule has 120 valence electrons. The van der Waals surface area contributed by atoms with Gasteiger partial charge in [-0.05, 0) is 51.3 Å². The molecule has 0 aromatic carbocycles. The summed E-state index contributed by atoms with van der Waals surface area (Å²) in [6.07, 6.45) is 2.33. The molecule has 6 nitrogen and oxygen atoms in total. The zero-order chi connectivity index (χ0) is 15.9. The van der Waals surface area contributed by atoms with Crippen LogP contribution >= 0.6 is 0 Å². The molecule has 1 fully saturated rings. The van der Waals surface area contributed by atoms with Gasteiger partial charge in [0.15, 0.2) is 5.82 Å². The molecule has 0 aliphatic carbocycles. The van der Waals surface area contributed by atoms with Gasteiger partial charge in [0, 0.05) is 20.2 Å². The topological polar surface area (TPSA) is 74.1 Å². The van der Waals surface area contributed by atoms with Gasteiger partial charge in [-0.3, -0.25) is 0 Å². The third-order valence-electron chi connectivity index (χ3n) is 4.44. The second-order valence-corrected chi connectivity index (χ2v) is 5.90. The van der Waals surface area contributed by atoms with Crippen LogP contribution in [-0.4, -0.2) is 55.0 Å². The highest BCUT2D eigenvalue weighted by Gasteiger charge is 2.19. The molecule has 0 unspecified atom stereocenters. The highest BCUT2D eigenvalue weighted by Crippen LogP contribution is 2.20. The Labute approximate surface area is 132 Å². The van der Waals surface area contributed by atoms with E-state index in [2.05, 4.69) is 26.5 Å². The fraction of sp³-hybridized carbons (Fsp3) is 0.688. The Kier molecular flexibility index (Phi) is 6.10. The quantitative estimate of drug-likeness (QED) is 0.863. The van der Waals surface area contributed by atoms with Gasteiger partial charge in [-0.1, -0.05) is 0 Å². The van der Waals surface area contributed by atoms with E-state index < -0.39 is 0 Å². The van der Waals surface area contributed by atoms with Gasteiger partial charge < -0.3 is 15.0 Å². The summed E-state index contributed by atoms with van der Waals surface area (Å²) in [6.45, 7) is 8.68. The SMILES string of the molecule is COCCN1CCC(CNc2nnc(C)c(C)c2C#N)CC1. The van der Waals surface area contributed by atoms with Crippen molar-refractivity contribution in [2.24, 2.45) is 5.92 Å². The molecule has 1 aromatic rings. The first-order valence-electron chi connectivity index (χ1n) is 7.84. The van der Waals surface area contributed by atoms with Crippen molar-refractivity contribution in [2.45, 2.75) is 26.7 Å². The highest BCUT2D eigenvalue weighted by molar-refractivity contribution is 5.55. The predicted molar refractivity (Wildman–Crippen MR) is 85.8 cm³/mol. The van der Waals surface area contributed by atoms with Crippen LogP contribution in [0.15, 0.2) is 0 Å². The maximum absolute atomic E-state index is 9.30. The van der Waals surface area contributed by atoms with Gasteiger partial charge in [0.1, 0.15) is 11.6 Å². The van der Waals surface area contributed by atoms with E-state index in [0.29, 0.717) is 17.3 Å². The molecule has 0 atom stereocenters. The van der Waals surface area contributed by atoms with Gasteiger partial charge in [0.05, 0.1) is 12.3 Å². The molecule has 0 spiro atoms. The number of rotatable bonds is 6. The molecular formula is C16H25N5O. The lowest BCUT2D eigenvalue weighted by atomic mass is 9.96. The van der Waals surface area contributed by atoms with Crippen molar-refractivity contribution >= 4 is 5.82 Å². The van der Waals surface area contributed by atoms with Crippen molar-refractivity contribution in [1.29, 1.82) is 5.26 Å². The average Bonchev–Trinajstić information content (AvgIpc) is 2.55. The van der Waals surface area contributed by atoms with Crippen LogP contribution in [0.4, 0.5) is 5.82 Å². The van der Waals surface area contributed by atoms with Crippen molar-refractivity contribution in [3.63, 3.8) is 0 Å². The number of aryl methyl sites for hydroxylation is 1. The Hall–Kier alpha value is -1.71. The van der Waals surface area contributed by atoms with E-state index in [1.54, 1.807) is 7.11 Å². The summed E-state index contributed by atoms with van der Waals surface area (Å²) in [4.78, 5) is 2.44. The Morgan fingerprint density at radius 3 is 2.68 bits per heavy atom.